The first-order valence-corrected chi connectivity index (χ1v) is 9.58. The molecule has 6 nitrogen and oxygen atoms in total. The van der Waals surface area contributed by atoms with Crippen LogP contribution < -0.4 is 20.7 Å². The minimum absolute atomic E-state index is 0.0412. The SMILES string of the molecule is CCC(C)Oc1cccc(NCC(=O)Nc2ccc(NC(=O)C(C)C)cc2)c1. The Morgan fingerprint density at radius 1 is 0.929 bits per heavy atom. The Bertz CT molecular complexity index is 788. The van der Waals surface area contributed by atoms with Gasteiger partial charge in [-0.1, -0.05) is 26.8 Å². The first-order valence-electron chi connectivity index (χ1n) is 9.58. The highest BCUT2D eigenvalue weighted by atomic mass is 16.5. The summed E-state index contributed by atoms with van der Waals surface area (Å²) in [7, 11) is 0. The molecule has 0 saturated carbocycles. The molecule has 2 rings (SSSR count). The van der Waals surface area contributed by atoms with E-state index in [9.17, 15) is 9.59 Å². The van der Waals surface area contributed by atoms with Crippen LogP contribution in [0.25, 0.3) is 0 Å². The van der Waals surface area contributed by atoms with E-state index in [2.05, 4.69) is 22.9 Å². The number of nitrogens with one attached hydrogen (secondary N) is 3. The van der Waals surface area contributed by atoms with E-state index in [1.807, 2.05) is 45.0 Å². The lowest BCUT2D eigenvalue weighted by atomic mass is 10.2. The van der Waals surface area contributed by atoms with Gasteiger partial charge in [0.2, 0.25) is 11.8 Å². The van der Waals surface area contributed by atoms with Gasteiger partial charge in [0.05, 0.1) is 12.6 Å². The molecule has 0 bridgehead atoms. The molecule has 6 heteroatoms. The second-order valence-electron chi connectivity index (χ2n) is 6.99. The number of ether oxygens (including phenoxy) is 1. The number of hydrogen-bond donors (Lipinski definition) is 3. The molecular weight excluding hydrogens is 354 g/mol. The van der Waals surface area contributed by atoms with Crippen molar-refractivity contribution in [2.45, 2.75) is 40.2 Å². The van der Waals surface area contributed by atoms with Gasteiger partial charge in [-0.2, -0.15) is 0 Å². The summed E-state index contributed by atoms with van der Waals surface area (Å²) in [5.74, 6) is 0.492. The lowest BCUT2D eigenvalue weighted by Crippen LogP contribution is -2.22. The van der Waals surface area contributed by atoms with Crippen LogP contribution in [0.1, 0.15) is 34.1 Å². The van der Waals surface area contributed by atoms with Crippen LogP contribution >= 0.6 is 0 Å². The molecule has 1 unspecified atom stereocenters. The summed E-state index contributed by atoms with van der Waals surface area (Å²) >= 11 is 0. The Kier molecular flexibility index (Phi) is 7.87. The van der Waals surface area contributed by atoms with Crippen molar-refractivity contribution in [1.82, 2.24) is 0 Å². The van der Waals surface area contributed by atoms with Gasteiger partial charge in [0.1, 0.15) is 5.75 Å². The van der Waals surface area contributed by atoms with Crippen LogP contribution in [0.3, 0.4) is 0 Å². The summed E-state index contributed by atoms with van der Waals surface area (Å²) in [4.78, 5) is 23.9. The summed E-state index contributed by atoms with van der Waals surface area (Å²) in [5, 5.41) is 8.74. The molecule has 2 aromatic rings. The summed E-state index contributed by atoms with van der Waals surface area (Å²) < 4.78 is 5.79. The van der Waals surface area contributed by atoms with Crippen LogP contribution in [-0.4, -0.2) is 24.5 Å². The maximum atomic E-state index is 12.2. The molecule has 0 spiro atoms. The van der Waals surface area contributed by atoms with Crippen LogP contribution in [0.15, 0.2) is 48.5 Å². The Morgan fingerprint density at radius 2 is 1.57 bits per heavy atom. The molecule has 3 N–H and O–H groups in total. The van der Waals surface area contributed by atoms with Crippen molar-refractivity contribution < 1.29 is 14.3 Å². The molecule has 1 atom stereocenters. The average molecular weight is 383 g/mol. The van der Waals surface area contributed by atoms with E-state index in [4.69, 9.17) is 4.74 Å². The van der Waals surface area contributed by atoms with E-state index >= 15 is 0 Å². The van der Waals surface area contributed by atoms with Gasteiger partial charge in [0.25, 0.3) is 0 Å². The van der Waals surface area contributed by atoms with Crippen molar-refractivity contribution in [3.05, 3.63) is 48.5 Å². The standard InChI is InChI=1S/C22H29N3O3/c1-5-16(4)28-20-8-6-7-19(13-20)23-14-21(26)24-17-9-11-18(12-10-17)25-22(27)15(2)3/h6-13,15-16,23H,5,14H2,1-4H3,(H,24,26)(H,25,27). The zero-order chi connectivity index (χ0) is 20.5. The molecule has 2 amide bonds. The summed E-state index contributed by atoms with van der Waals surface area (Å²) in [6, 6.07) is 14.6. The first-order chi connectivity index (χ1) is 13.4. The summed E-state index contributed by atoms with van der Waals surface area (Å²) in [6.45, 7) is 7.90. The van der Waals surface area contributed by atoms with Crippen LogP contribution in [0.2, 0.25) is 0 Å². The molecule has 0 fully saturated rings. The fraction of sp³-hybridized carbons (Fsp3) is 0.364. The Hall–Kier alpha value is -3.02. The molecule has 0 aliphatic rings. The van der Waals surface area contributed by atoms with Gasteiger partial charge >= 0.3 is 0 Å². The zero-order valence-corrected chi connectivity index (χ0v) is 16.9. The monoisotopic (exact) mass is 383 g/mol. The minimum atomic E-state index is -0.160. The first kappa shape index (κ1) is 21.3. The van der Waals surface area contributed by atoms with E-state index in [0.29, 0.717) is 11.4 Å². The lowest BCUT2D eigenvalue weighted by molar-refractivity contribution is -0.119. The van der Waals surface area contributed by atoms with Gasteiger partial charge in [0.15, 0.2) is 0 Å². The second kappa shape index (κ2) is 10.3. The third kappa shape index (κ3) is 6.95. The zero-order valence-electron chi connectivity index (χ0n) is 16.9. The number of carbonyl (C=O) groups excluding carboxylic acids is 2. The van der Waals surface area contributed by atoms with Crippen LogP contribution in [0.4, 0.5) is 17.1 Å². The number of benzene rings is 2. The Morgan fingerprint density at radius 3 is 2.18 bits per heavy atom. The third-order valence-corrected chi connectivity index (χ3v) is 4.16. The molecule has 0 saturated heterocycles. The van der Waals surface area contributed by atoms with Crippen molar-refractivity contribution >= 4 is 28.9 Å². The Labute approximate surface area is 166 Å². The van der Waals surface area contributed by atoms with E-state index < -0.39 is 0 Å². The van der Waals surface area contributed by atoms with E-state index in [1.165, 1.54) is 0 Å². The van der Waals surface area contributed by atoms with Crippen molar-refractivity contribution in [3.8, 4) is 5.75 Å². The van der Waals surface area contributed by atoms with Crippen molar-refractivity contribution in [2.24, 2.45) is 5.92 Å². The molecule has 0 radical (unpaired) electrons. The predicted octanol–water partition coefficient (Wildman–Crippen LogP) is 4.51. The van der Waals surface area contributed by atoms with Crippen molar-refractivity contribution in [2.75, 3.05) is 22.5 Å². The van der Waals surface area contributed by atoms with Crippen molar-refractivity contribution in [1.29, 1.82) is 0 Å². The third-order valence-electron chi connectivity index (χ3n) is 4.16. The van der Waals surface area contributed by atoms with E-state index in [-0.39, 0.29) is 30.4 Å². The average Bonchev–Trinajstić information content (AvgIpc) is 2.68. The lowest BCUT2D eigenvalue weighted by Gasteiger charge is -2.14. The van der Waals surface area contributed by atoms with Gasteiger partial charge in [-0.05, 0) is 49.7 Å². The summed E-state index contributed by atoms with van der Waals surface area (Å²) in [6.07, 6.45) is 1.08. The van der Waals surface area contributed by atoms with Gasteiger partial charge in [-0.3, -0.25) is 9.59 Å². The van der Waals surface area contributed by atoms with Gasteiger partial charge in [0, 0.05) is 29.0 Å². The number of hydrogen-bond acceptors (Lipinski definition) is 4. The minimum Gasteiger partial charge on any atom is -0.491 e. The second-order valence-corrected chi connectivity index (χ2v) is 6.99. The van der Waals surface area contributed by atoms with Gasteiger partial charge in [-0.25, -0.2) is 0 Å². The van der Waals surface area contributed by atoms with Gasteiger partial charge < -0.3 is 20.7 Å². The molecule has 150 valence electrons. The number of amides is 2. The highest BCUT2D eigenvalue weighted by Crippen LogP contribution is 2.19. The maximum Gasteiger partial charge on any atom is 0.243 e. The predicted molar refractivity (Wildman–Crippen MR) is 114 cm³/mol. The van der Waals surface area contributed by atoms with Crippen LogP contribution in [0.5, 0.6) is 5.75 Å². The smallest absolute Gasteiger partial charge is 0.243 e. The van der Waals surface area contributed by atoms with Crippen LogP contribution in [0, 0.1) is 5.92 Å². The topological polar surface area (TPSA) is 79.5 Å². The molecule has 28 heavy (non-hydrogen) atoms. The number of carbonyl (C=O) groups is 2. The highest BCUT2D eigenvalue weighted by molar-refractivity contribution is 5.95. The van der Waals surface area contributed by atoms with Crippen LogP contribution in [-0.2, 0) is 9.59 Å². The fourth-order valence-corrected chi connectivity index (χ4v) is 2.31. The van der Waals surface area contributed by atoms with Crippen molar-refractivity contribution in [3.63, 3.8) is 0 Å². The normalized spacial score (nSPS) is 11.6. The number of rotatable bonds is 9. The fourth-order valence-electron chi connectivity index (χ4n) is 2.31. The largest absolute Gasteiger partial charge is 0.491 e. The number of anilines is 3. The van der Waals surface area contributed by atoms with Gasteiger partial charge in [-0.15, -0.1) is 0 Å². The Balaban J connectivity index is 1.84. The van der Waals surface area contributed by atoms with E-state index in [0.717, 1.165) is 17.9 Å². The maximum absolute atomic E-state index is 12.2. The quantitative estimate of drug-likeness (QED) is 0.595. The summed E-state index contributed by atoms with van der Waals surface area (Å²) in [5.41, 5.74) is 2.19. The molecule has 0 aliphatic carbocycles. The van der Waals surface area contributed by atoms with E-state index in [1.54, 1.807) is 24.3 Å². The molecule has 0 aromatic heterocycles. The molecular formula is C22H29N3O3. The molecule has 0 heterocycles. The molecule has 0 aliphatic heterocycles. The molecule has 2 aromatic carbocycles. The highest BCUT2D eigenvalue weighted by Gasteiger charge is 2.08.